The Hall–Kier alpha value is -2.66. The van der Waals surface area contributed by atoms with E-state index in [0.29, 0.717) is 35.8 Å². The zero-order chi connectivity index (χ0) is 21.9. The van der Waals surface area contributed by atoms with Crippen molar-refractivity contribution >= 4 is 17.2 Å². The molecule has 30 heavy (non-hydrogen) atoms. The van der Waals surface area contributed by atoms with Crippen LogP contribution in [-0.4, -0.2) is 38.0 Å². The fraction of sp³-hybridized carbons (Fsp3) is 0.368. The van der Waals surface area contributed by atoms with Crippen molar-refractivity contribution in [3.05, 3.63) is 53.0 Å². The Bertz CT molecular complexity index is 995. The molecule has 0 aromatic carbocycles. The molecule has 3 rings (SSSR count). The highest BCUT2D eigenvalue weighted by atomic mass is 32.1. The SMILES string of the molecule is CCC(C)(CNc1ccc(-c2ncc(C(O)C(F)(F)F)s2)nn1)c1ncccc1F. The van der Waals surface area contributed by atoms with Crippen LogP contribution in [-0.2, 0) is 5.41 Å². The quantitative estimate of drug-likeness (QED) is 0.525. The topological polar surface area (TPSA) is 83.8 Å². The van der Waals surface area contributed by atoms with Crippen molar-refractivity contribution in [2.45, 2.75) is 38.0 Å². The normalized spacial score (nSPS) is 14.9. The first-order chi connectivity index (χ1) is 14.1. The summed E-state index contributed by atoms with van der Waals surface area (Å²) >= 11 is 0.693. The number of hydrogen-bond donors (Lipinski definition) is 2. The summed E-state index contributed by atoms with van der Waals surface area (Å²) in [6, 6.07) is 6.06. The fourth-order valence-electron chi connectivity index (χ4n) is 2.72. The number of halogens is 4. The number of hydrogen-bond acceptors (Lipinski definition) is 7. The lowest BCUT2D eigenvalue weighted by molar-refractivity contribution is -0.205. The van der Waals surface area contributed by atoms with E-state index in [9.17, 15) is 22.7 Å². The second-order valence-corrected chi connectivity index (χ2v) is 7.98. The second-order valence-electron chi connectivity index (χ2n) is 6.92. The highest BCUT2D eigenvalue weighted by molar-refractivity contribution is 7.15. The molecule has 3 aromatic rings. The van der Waals surface area contributed by atoms with Gasteiger partial charge in [0.05, 0.1) is 10.6 Å². The summed E-state index contributed by atoms with van der Waals surface area (Å²) in [7, 11) is 0. The molecule has 3 heterocycles. The third kappa shape index (κ3) is 4.73. The van der Waals surface area contributed by atoms with Gasteiger partial charge in [0.2, 0.25) is 0 Å². The molecular weight excluding hydrogens is 422 g/mol. The molecule has 0 amide bonds. The van der Waals surface area contributed by atoms with Gasteiger partial charge in [-0.25, -0.2) is 9.37 Å². The lowest BCUT2D eigenvalue weighted by Crippen LogP contribution is -2.32. The molecule has 0 fully saturated rings. The Kier molecular flexibility index (Phi) is 6.32. The first-order valence-electron chi connectivity index (χ1n) is 9.03. The van der Waals surface area contributed by atoms with Gasteiger partial charge >= 0.3 is 6.18 Å². The Morgan fingerprint density at radius 2 is 1.93 bits per heavy atom. The van der Waals surface area contributed by atoms with Crippen molar-refractivity contribution in [1.29, 1.82) is 0 Å². The molecule has 3 aromatic heterocycles. The molecule has 6 nitrogen and oxygen atoms in total. The zero-order valence-electron chi connectivity index (χ0n) is 16.1. The van der Waals surface area contributed by atoms with E-state index < -0.39 is 17.7 Å². The van der Waals surface area contributed by atoms with Crippen LogP contribution >= 0.6 is 11.3 Å². The lowest BCUT2D eigenvalue weighted by atomic mass is 9.83. The van der Waals surface area contributed by atoms with Gasteiger partial charge in [-0.1, -0.05) is 13.8 Å². The number of aromatic nitrogens is 4. The summed E-state index contributed by atoms with van der Waals surface area (Å²) in [5, 5.41) is 20.6. The van der Waals surface area contributed by atoms with Crippen LogP contribution in [0.4, 0.5) is 23.4 Å². The predicted octanol–water partition coefficient (Wildman–Crippen LogP) is 4.51. The number of alkyl halides is 3. The number of aliphatic hydroxyl groups is 1. The van der Waals surface area contributed by atoms with Crippen LogP contribution in [0.5, 0.6) is 0 Å². The summed E-state index contributed by atoms with van der Waals surface area (Å²) in [6.45, 7) is 4.17. The van der Waals surface area contributed by atoms with Crippen LogP contribution in [0.3, 0.4) is 0 Å². The van der Waals surface area contributed by atoms with Gasteiger partial charge in [-0.3, -0.25) is 4.98 Å². The maximum Gasteiger partial charge on any atom is 0.419 e. The Morgan fingerprint density at radius 1 is 1.17 bits per heavy atom. The third-order valence-electron chi connectivity index (χ3n) is 4.76. The van der Waals surface area contributed by atoms with Crippen LogP contribution in [0, 0.1) is 5.82 Å². The summed E-state index contributed by atoms with van der Waals surface area (Å²) < 4.78 is 52.0. The van der Waals surface area contributed by atoms with E-state index in [4.69, 9.17) is 0 Å². The zero-order valence-corrected chi connectivity index (χ0v) is 16.9. The van der Waals surface area contributed by atoms with Gasteiger partial charge in [0, 0.05) is 24.4 Å². The molecule has 0 aliphatic rings. The van der Waals surface area contributed by atoms with Crippen molar-refractivity contribution in [3.8, 4) is 10.7 Å². The highest BCUT2D eigenvalue weighted by Gasteiger charge is 2.40. The molecule has 0 aliphatic carbocycles. The first kappa shape index (κ1) is 22.0. The smallest absolute Gasteiger partial charge is 0.379 e. The van der Waals surface area contributed by atoms with E-state index in [-0.39, 0.29) is 21.4 Å². The van der Waals surface area contributed by atoms with Crippen molar-refractivity contribution < 1.29 is 22.7 Å². The van der Waals surface area contributed by atoms with Gasteiger partial charge in [0.25, 0.3) is 0 Å². The van der Waals surface area contributed by atoms with Gasteiger partial charge < -0.3 is 10.4 Å². The Labute approximate surface area is 174 Å². The van der Waals surface area contributed by atoms with Crippen molar-refractivity contribution in [3.63, 3.8) is 0 Å². The summed E-state index contributed by atoms with van der Waals surface area (Å²) in [5.74, 6) is 0.0348. The standard InChI is InChI=1S/C19H19F4N5OS/c1-3-18(2,15-11(20)5-4-8-24-15)10-26-14-7-6-12(27-28-14)17-25-9-13(30-17)16(29)19(21,22)23/h4-9,16,29H,3,10H2,1-2H3,(H,26,28). The van der Waals surface area contributed by atoms with Gasteiger partial charge in [0.15, 0.2) is 6.10 Å². The second kappa shape index (κ2) is 8.60. The molecule has 0 bridgehead atoms. The number of thiazole rings is 1. The molecule has 0 aliphatic heterocycles. The molecule has 0 spiro atoms. The van der Waals surface area contributed by atoms with E-state index in [1.54, 1.807) is 18.3 Å². The summed E-state index contributed by atoms with van der Waals surface area (Å²) in [4.78, 5) is 7.73. The molecule has 160 valence electrons. The molecule has 0 saturated carbocycles. The number of nitrogens with zero attached hydrogens (tertiary/aromatic N) is 4. The molecule has 11 heteroatoms. The van der Waals surface area contributed by atoms with Gasteiger partial charge in [-0.15, -0.1) is 21.5 Å². The average molecular weight is 441 g/mol. The minimum Gasteiger partial charge on any atom is -0.379 e. The van der Waals surface area contributed by atoms with Gasteiger partial charge in [-0.2, -0.15) is 13.2 Å². The largest absolute Gasteiger partial charge is 0.419 e. The molecule has 2 unspecified atom stereocenters. The molecule has 0 saturated heterocycles. The van der Waals surface area contributed by atoms with Crippen molar-refractivity contribution in [1.82, 2.24) is 20.2 Å². The first-order valence-corrected chi connectivity index (χ1v) is 9.85. The maximum absolute atomic E-state index is 14.2. The average Bonchev–Trinajstić information content (AvgIpc) is 3.21. The van der Waals surface area contributed by atoms with Crippen LogP contribution in [0.15, 0.2) is 36.7 Å². The molecule has 2 atom stereocenters. The van der Waals surface area contributed by atoms with Crippen LogP contribution in [0.2, 0.25) is 0 Å². The van der Waals surface area contributed by atoms with E-state index in [0.717, 1.165) is 6.20 Å². The number of rotatable bonds is 7. The van der Waals surface area contributed by atoms with Crippen LogP contribution in [0.25, 0.3) is 10.7 Å². The van der Waals surface area contributed by atoms with E-state index in [2.05, 4.69) is 25.5 Å². The minimum atomic E-state index is -4.76. The number of nitrogens with one attached hydrogen (secondary N) is 1. The molecular formula is C19H19F4N5OS. The number of aliphatic hydroxyl groups excluding tert-OH is 1. The van der Waals surface area contributed by atoms with Gasteiger partial charge in [0.1, 0.15) is 22.3 Å². The maximum atomic E-state index is 14.2. The summed E-state index contributed by atoms with van der Waals surface area (Å²) in [6.07, 6.45) is -4.21. The minimum absolute atomic E-state index is 0.210. The Morgan fingerprint density at radius 3 is 2.53 bits per heavy atom. The van der Waals surface area contributed by atoms with E-state index >= 15 is 0 Å². The lowest BCUT2D eigenvalue weighted by Gasteiger charge is -2.28. The monoisotopic (exact) mass is 441 g/mol. The van der Waals surface area contributed by atoms with Crippen LogP contribution < -0.4 is 5.32 Å². The number of pyridine rings is 1. The van der Waals surface area contributed by atoms with Crippen molar-refractivity contribution in [2.75, 3.05) is 11.9 Å². The number of anilines is 1. The van der Waals surface area contributed by atoms with Gasteiger partial charge in [-0.05, 0) is 30.7 Å². The summed E-state index contributed by atoms with van der Waals surface area (Å²) in [5.41, 5.74) is 0.0483. The molecule has 0 radical (unpaired) electrons. The van der Waals surface area contributed by atoms with E-state index in [1.165, 1.54) is 12.1 Å². The van der Waals surface area contributed by atoms with Crippen molar-refractivity contribution in [2.24, 2.45) is 0 Å². The van der Waals surface area contributed by atoms with Crippen LogP contribution in [0.1, 0.15) is 36.9 Å². The third-order valence-corrected chi connectivity index (χ3v) is 5.83. The highest BCUT2D eigenvalue weighted by Crippen LogP contribution is 2.37. The van der Waals surface area contributed by atoms with E-state index in [1.807, 2.05) is 13.8 Å². The Balaban J connectivity index is 1.71. The fourth-order valence-corrected chi connectivity index (χ4v) is 3.62. The molecule has 2 N–H and O–H groups in total. The predicted molar refractivity (Wildman–Crippen MR) is 104 cm³/mol.